The summed E-state index contributed by atoms with van der Waals surface area (Å²) in [5, 5.41) is 10.9. The minimum absolute atomic E-state index is 0.0607. The minimum Gasteiger partial charge on any atom is -0.389 e. The average Bonchev–Trinajstić information content (AvgIpc) is 2.25. The summed E-state index contributed by atoms with van der Waals surface area (Å²) in [6.45, 7) is 10.7. The van der Waals surface area contributed by atoms with Gasteiger partial charge in [0.25, 0.3) is 0 Å². The van der Waals surface area contributed by atoms with Crippen molar-refractivity contribution in [2.24, 2.45) is 11.3 Å². The highest BCUT2D eigenvalue weighted by atomic mass is 16.3. The van der Waals surface area contributed by atoms with Crippen molar-refractivity contribution in [3.63, 3.8) is 0 Å². The van der Waals surface area contributed by atoms with Crippen LogP contribution in [-0.4, -0.2) is 10.7 Å². The first-order chi connectivity index (χ1) is 7.37. The molecule has 0 aliphatic heterocycles. The molecule has 1 fully saturated rings. The monoisotopic (exact) mass is 220 g/mol. The van der Waals surface area contributed by atoms with E-state index in [-0.39, 0.29) is 5.41 Å². The zero-order valence-corrected chi connectivity index (χ0v) is 10.8. The summed E-state index contributed by atoms with van der Waals surface area (Å²) in [7, 11) is 0. The molecule has 1 N–H and O–H groups in total. The molecule has 90 valence electrons. The van der Waals surface area contributed by atoms with Crippen LogP contribution in [0.3, 0.4) is 0 Å². The molecule has 1 heteroatoms. The first-order valence-corrected chi connectivity index (χ1v) is 6.42. The fraction of sp³-hybridized carbons (Fsp3) is 0.733. The van der Waals surface area contributed by atoms with Crippen molar-refractivity contribution in [2.45, 2.75) is 58.5 Å². The van der Waals surface area contributed by atoms with Crippen molar-refractivity contribution >= 4 is 0 Å². The lowest BCUT2D eigenvalue weighted by molar-refractivity contribution is -0.191. The topological polar surface area (TPSA) is 20.2 Å². The molecule has 0 aromatic carbocycles. The van der Waals surface area contributed by atoms with Crippen LogP contribution in [0.5, 0.6) is 0 Å². The summed E-state index contributed by atoms with van der Waals surface area (Å²) in [5.74, 6) is 0.335. The smallest absolute Gasteiger partial charge is 0.0766 e. The van der Waals surface area contributed by atoms with Gasteiger partial charge in [-0.25, -0.2) is 0 Å². The molecule has 0 unspecified atom stereocenters. The van der Waals surface area contributed by atoms with Gasteiger partial charge in [0.1, 0.15) is 0 Å². The third-order valence-corrected chi connectivity index (χ3v) is 4.81. The summed E-state index contributed by atoms with van der Waals surface area (Å²) < 4.78 is 0. The van der Waals surface area contributed by atoms with Crippen molar-refractivity contribution in [2.75, 3.05) is 0 Å². The molecule has 2 aliphatic rings. The number of rotatable bonds is 0. The maximum Gasteiger partial charge on any atom is 0.0766 e. The molecule has 2 atom stereocenters. The quantitative estimate of drug-likeness (QED) is 0.615. The second-order valence-electron chi connectivity index (χ2n) is 6.31. The lowest BCUT2D eigenvalue weighted by Gasteiger charge is -2.59. The van der Waals surface area contributed by atoms with E-state index in [2.05, 4.69) is 33.4 Å². The van der Waals surface area contributed by atoms with Gasteiger partial charge in [0.05, 0.1) is 5.60 Å². The predicted octanol–water partition coefficient (Wildman–Crippen LogP) is 3.84. The van der Waals surface area contributed by atoms with E-state index in [0.29, 0.717) is 5.92 Å². The van der Waals surface area contributed by atoms with Crippen LogP contribution in [0, 0.1) is 11.3 Å². The molecule has 1 saturated carbocycles. The Hall–Kier alpha value is -0.560. The van der Waals surface area contributed by atoms with Crippen molar-refractivity contribution in [1.29, 1.82) is 0 Å². The van der Waals surface area contributed by atoms with Gasteiger partial charge in [-0.2, -0.15) is 0 Å². The summed E-state index contributed by atoms with van der Waals surface area (Å²) in [6, 6.07) is 0. The fourth-order valence-electron chi connectivity index (χ4n) is 3.36. The van der Waals surface area contributed by atoms with Crippen LogP contribution >= 0.6 is 0 Å². The van der Waals surface area contributed by atoms with Crippen LogP contribution in [0.4, 0.5) is 0 Å². The minimum atomic E-state index is -0.510. The Bertz CT molecular complexity index is 337. The van der Waals surface area contributed by atoms with Crippen LogP contribution in [0.15, 0.2) is 23.8 Å². The van der Waals surface area contributed by atoms with Gasteiger partial charge in [0.2, 0.25) is 0 Å². The van der Waals surface area contributed by atoms with Gasteiger partial charge >= 0.3 is 0 Å². The van der Waals surface area contributed by atoms with E-state index < -0.39 is 5.60 Å². The second kappa shape index (κ2) is 3.73. The van der Waals surface area contributed by atoms with E-state index in [9.17, 15) is 5.11 Å². The molecule has 0 aromatic heterocycles. The Morgan fingerprint density at radius 3 is 2.69 bits per heavy atom. The first kappa shape index (κ1) is 11.9. The molecule has 0 saturated heterocycles. The highest BCUT2D eigenvalue weighted by molar-refractivity contribution is 5.23. The Balaban J connectivity index is 2.24. The SMILES string of the molecule is C=C1CC/C=C(\C)CC[C@]2(O)[C@@H]1CC2(C)C. The van der Waals surface area contributed by atoms with Crippen LogP contribution in [0.1, 0.15) is 52.9 Å². The largest absolute Gasteiger partial charge is 0.389 e. The normalized spacial score (nSPS) is 41.9. The number of hydrogen-bond donors (Lipinski definition) is 1. The van der Waals surface area contributed by atoms with Gasteiger partial charge in [-0.1, -0.05) is 37.6 Å². The molecule has 0 bridgehead atoms. The number of allylic oxidation sites excluding steroid dienone is 2. The average molecular weight is 220 g/mol. The molecule has 0 spiro atoms. The molecule has 16 heavy (non-hydrogen) atoms. The van der Waals surface area contributed by atoms with E-state index in [1.807, 2.05) is 0 Å². The van der Waals surface area contributed by atoms with Crippen LogP contribution in [0.2, 0.25) is 0 Å². The van der Waals surface area contributed by atoms with Crippen molar-refractivity contribution in [3.8, 4) is 0 Å². The van der Waals surface area contributed by atoms with Gasteiger partial charge in [0, 0.05) is 5.92 Å². The first-order valence-electron chi connectivity index (χ1n) is 6.42. The summed E-state index contributed by atoms with van der Waals surface area (Å²) in [6.07, 6.45) is 7.47. The van der Waals surface area contributed by atoms with E-state index in [0.717, 1.165) is 32.1 Å². The van der Waals surface area contributed by atoms with Crippen LogP contribution in [0.25, 0.3) is 0 Å². The summed E-state index contributed by atoms with van der Waals surface area (Å²) >= 11 is 0. The van der Waals surface area contributed by atoms with Crippen LogP contribution < -0.4 is 0 Å². The molecule has 1 nitrogen and oxygen atoms in total. The highest BCUT2D eigenvalue weighted by Gasteiger charge is 2.59. The molecule has 0 amide bonds. The predicted molar refractivity (Wildman–Crippen MR) is 68.2 cm³/mol. The van der Waals surface area contributed by atoms with Gasteiger partial charge < -0.3 is 5.11 Å². The summed E-state index contributed by atoms with van der Waals surface area (Å²) in [5.41, 5.74) is 2.23. The maximum absolute atomic E-state index is 10.9. The Kier molecular flexibility index (Phi) is 2.78. The van der Waals surface area contributed by atoms with E-state index in [1.165, 1.54) is 11.1 Å². The zero-order valence-electron chi connectivity index (χ0n) is 10.8. The third kappa shape index (κ3) is 1.66. The second-order valence-corrected chi connectivity index (χ2v) is 6.31. The third-order valence-electron chi connectivity index (χ3n) is 4.81. The zero-order chi connectivity index (χ0) is 12.0. The van der Waals surface area contributed by atoms with Crippen LogP contribution in [-0.2, 0) is 0 Å². The van der Waals surface area contributed by atoms with Crippen molar-refractivity contribution < 1.29 is 5.11 Å². The van der Waals surface area contributed by atoms with Crippen molar-refractivity contribution in [3.05, 3.63) is 23.8 Å². The Morgan fingerprint density at radius 1 is 1.38 bits per heavy atom. The molecule has 2 rings (SSSR count). The van der Waals surface area contributed by atoms with Gasteiger partial charge in [-0.3, -0.25) is 0 Å². The lowest BCUT2D eigenvalue weighted by Crippen LogP contribution is -2.61. The fourth-order valence-corrected chi connectivity index (χ4v) is 3.36. The standard InChI is InChI=1S/C15H24O/c1-11-6-5-7-12(2)13-10-14(3,4)15(13,16)9-8-11/h6,13,16H,2,5,7-10H2,1,3-4H3/b11-6+/t13-,15+/m1/s1. The van der Waals surface area contributed by atoms with E-state index >= 15 is 0 Å². The molecule has 0 aromatic rings. The molecular weight excluding hydrogens is 196 g/mol. The lowest BCUT2D eigenvalue weighted by atomic mass is 9.49. The molecule has 0 heterocycles. The maximum atomic E-state index is 10.9. The van der Waals surface area contributed by atoms with E-state index in [1.54, 1.807) is 0 Å². The van der Waals surface area contributed by atoms with Crippen molar-refractivity contribution in [1.82, 2.24) is 0 Å². The molecule has 0 radical (unpaired) electrons. The Morgan fingerprint density at radius 2 is 2.06 bits per heavy atom. The van der Waals surface area contributed by atoms with E-state index in [4.69, 9.17) is 0 Å². The van der Waals surface area contributed by atoms with Gasteiger partial charge in [0.15, 0.2) is 0 Å². The number of fused-ring (bicyclic) bond motifs is 1. The van der Waals surface area contributed by atoms with Gasteiger partial charge in [-0.15, -0.1) is 0 Å². The Labute approximate surface area is 99.3 Å². The number of hydrogen-bond acceptors (Lipinski definition) is 1. The number of aliphatic hydroxyl groups is 1. The molecule has 2 aliphatic carbocycles. The highest BCUT2D eigenvalue weighted by Crippen LogP contribution is 2.59. The van der Waals surface area contributed by atoms with Gasteiger partial charge in [-0.05, 0) is 44.4 Å². The molecular formula is C15H24O. The summed E-state index contributed by atoms with van der Waals surface area (Å²) in [4.78, 5) is 0.